The Bertz CT molecular complexity index is 287. The van der Waals surface area contributed by atoms with Crippen LogP contribution in [0.25, 0.3) is 0 Å². The normalized spacial score (nSPS) is 29.6. The van der Waals surface area contributed by atoms with Crippen LogP contribution < -0.4 is 5.73 Å². The van der Waals surface area contributed by atoms with Crippen molar-refractivity contribution in [3.8, 4) is 0 Å². The second-order valence-corrected chi connectivity index (χ2v) is 6.62. The maximum atomic E-state index is 11.6. The van der Waals surface area contributed by atoms with Crippen LogP contribution in [0.5, 0.6) is 0 Å². The molecule has 1 aliphatic rings. The highest BCUT2D eigenvalue weighted by Gasteiger charge is 2.34. The maximum absolute atomic E-state index is 11.6. The predicted octanol–water partition coefficient (Wildman–Crippen LogP) is 0.251. The summed E-state index contributed by atoms with van der Waals surface area (Å²) in [6.07, 6.45) is 0. The lowest BCUT2D eigenvalue weighted by Crippen LogP contribution is -2.41. The van der Waals surface area contributed by atoms with Gasteiger partial charge in [0.25, 0.3) is 0 Å². The first-order valence-corrected chi connectivity index (χ1v) is 6.67. The molecule has 2 atom stereocenters. The van der Waals surface area contributed by atoms with Crippen LogP contribution in [0.1, 0.15) is 20.8 Å². The number of rotatable bonds is 3. The van der Waals surface area contributed by atoms with Gasteiger partial charge in [-0.25, -0.2) is 12.7 Å². The quantitative estimate of drug-likeness (QED) is 0.741. The van der Waals surface area contributed by atoms with Gasteiger partial charge in [0.2, 0.25) is 10.0 Å². The average Bonchev–Trinajstić information content (AvgIpc) is 2.24. The van der Waals surface area contributed by atoms with Crippen molar-refractivity contribution in [1.82, 2.24) is 4.31 Å². The number of nitrogens with zero attached hydrogens (tertiary/aromatic N) is 1. The van der Waals surface area contributed by atoms with E-state index in [0.29, 0.717) is 19.0 Å². The molecule has 0 aromatic heterocycles. The largest absolute Gasteiger partial charge is 0.326 e. The van der Waals surface area contributed by atoms with E-state index in [1.54, 1.807) is 0 Å². The zero-order valence-corrected chi connectivity index (χ0v) is 9.92. The van der Waals surface area contributed by atoms with Gasteiger partial charge in [-0.3, -0.25) is 0 Å². The number of sulfonamides is 1. The minimum atomic E-state index is -3.01. The molecule has 0 bridgehead atoms. The molecule has 0 amide bonds. The van der Waals surface area contributed by atoms with Crippen LogP contribution in [-0.4, -0.2) is 37.6 Å². The third-order valence-corrected chi connectivity index (χ3v) is 4.75. The minimum Gasteiger partial charge on any atom is -0.326 e. The third kappa shape index (κ3) is 2.68. The lowest BCUT2D eigenvalue weighted by atomic mass is 10.1. The Hall–Kier alpha value is -0.130. The molecule has 1 rings (SSSR count). The number of hydrogen-bond acceptors (Lipinski definition) is 3. The highest BCUT2D eigenvalue weighted by molar-refractivity contribution is 7.89. The summed E-state index contributed by atoms with van der Waals surface area (Å²) in [5.74, 6) is 0.832. The Morgan fingerprint density at radius 2 is 2.07 bits per heavy atom. The lowest BCUT2D eigenvalue weighted by Gasteiger charge is -2.22. The van der Waals surface area contributed by atoms with Gasteiger partial charge in [0.05, 0.1) is 5.75 Å². The Labute approximate surface area is 86.5 Å². The molecule has 1 fully saturated rings. The second-order valence-electron chi connectivity index (χ2n) is 4.61. The van der Waals surface area contributed by atoms with Crippen LogP contribution in [0.3, 0.4) is 0 Å². The van der Waals surface area contributed by atoms with E-state index in [1.807, 2.05) is 20.8 Å². The fraction of sp³-hybridized carbons (Fsp3) is 1.00. The lowest BCUT2D eigenvalue weighted by molar-refractivity contribution is 0.347. The summed E-state index contributed by atoms with van der Waals surface area (Å²) in [5, 5.41) is 0. The van der Waals surface area contributed by atoms with E-state index in [4.69, 9.17) is 5.73 Å². The van der Waals surface area contributed by atoms with E-state index < -0.39 is 10.0 Å². The SMILES string of the molecule is CC1CN(CC(N)C(C)C)S(=O)(=O)C1. The van der Waals surface area contributed by atoms with E-state index in [1.165, 1.54) is 4.31 Å². The van der Waals surface area contributed by atoms with Crippen molar-refractivity contribution in [3.05, 3.63) is 0 Å². The van der Waals surface area contributed by atoms with Gasteiger partial charge in [-0.15, -0.1) is 0 Å². The summed E-state index contributed by atoms with van der Waals surface area (Å²) in [6.45, 7) is 7.07. The van der Waals surface area contributed by atoms with Crippen LogP contribution in [0.2, 0.25) is 0 Å². The van der Waals surface area contributed by atoms with Crippen molar-refractivity contribution in [2.45, 2.75) is 26.8 Å². The zero-order chi connectivity index (χ0) is 10.9. The molecule has 14 heavy (non-hydrogen) atoms. The Balaban J connectivity index is 2.62. The smallest absolute Gasteiger partial charge is 0.214 e. The Morgan fingerprint density at radius 1 is 1.50 bits per heavy atom. The monoisotopic (exact) mass is 220 g/mol. The molecule has 1 aliphatic heterocycles. The maximum Gasteiger partial charge on any atom is 0.214 e. The summed E-state index contributed by atoms with van der Waals surface area (Å²) in [4.78, 5) is 0. The first-order chi connectivity index (χ1) is 6.33. The molecule has 2 unspecified atom stereocenters. The second kappa shape index (κ2) is 4.16. The third-order valence-electron chi connectivity index (χ3n) is 2.67. The Morgan fingerprint density at radius 3 is 2.43 bits per heavy atom. The molecule has 0 spiro atoms. The molecule has 5 heteroatoms. The molecule has 0 aromatic carbocycles. The summed E-state index contributed by atoms with van der Waals surface area (Å²) in [7, 11) is -3.01. The number of nitrogens with two attached hydrogens (primary N) is 1. The van der Waals surface area contributed by atoms with E-state index >= 15 is 0 Å². The molecule has 2 N–H and O–H groups in total. The Kier molecular flexibility index (Phi) is 3.55. The summed E-state index contributed by atoms with van der Waals surface area (Å²) in [6, 6.07) is -0.0601. The molecule has 1 saturated heterocycles. The van der Waals surface area contributed by atoms with Crippen molar-refractivity contribution in [2.24, 2.45) is 17.6 Å². The first kappa shape index (κ1) is 11.9. The highest BCUT2D eigenvalue weighted by Crippen LogP contribution is 2.19. The van der Waals surface area contributed by atoms with Crippen molar-refractivity contribution < 1.29 is 8.42 Å². The molecule has 0 aliphatic carbocycles. The van der Waals surface area contributed by atoms with Crippen LogP contribution in [0, 0.1) is 11.8 Å². The average molecular weight is 220 g/mol. The summed E-state index contributed by atoms with van der Waals surface area (Å²) < 4.78 is 24.7. The van der Waals surface area contributed by atoms with Crippen molar-refractivity contribution in [2.75, 3.05) is 18.8 Å². The van der Waals surface area contributed by atoms with Crippen molar-refractivity contribution in [1.29, 1.82) is 0 Å². The summed E-state index contributed by atoms with van der Waals surface area (Å²) in [5.41, 5.74) is 5.86. The van der Waals surface area contributed by atoms with Gasteiger partial charge in [-0.2, -0.15) is 0 Å². The van der Waals surface area contributed by atoms with Gasteiger partial charge in [0.1, 0.15) is 0 Å². The van der Waals surface area contributed by atoms with Crippen molar-refractivity contribution >= 4 is 10.0 Å². The van der Waals surface area contributed by atoms with Gasteiger partial charge < -0.3 is 5.73 Å². The van der Waals surface area contributed by atoms with Gasteiger partial charge in [0, 0.05) is 19.1 Å². The van der Waals surface area contributed by atoms with E-state index in [2.05, 4.69) is 0 Å². The summed E-state index contributed by atoms with van der Waals surface area (Å²) >= 11 is 0. The molecule has 84 valence electrons. The molecular formula is C9H20N2O2S. The molecule has 0 saturated carbocycles. The molecule has 0 radical (unpaired) electrons. The van der Waals surface area contributed by atoms with Crippen LogP contribution >= 0.6 is 0 Å². The van der Waals surface area contributed by atoms with Crippen LogP contribution in [-0.2, 0) is 10.0 Å². The van der Waals surface area contributed by atoms with E-state index in [9.17, 15) is 8.42 Å². The minimum absolute atomic E-state index is 0.0601. The zero-order valence-electron chi connectivity index (χ0n) is 9.10. The van der Waals surface area contributed by atoms with E-state index in [0.717, 1.165) is 0 Å². The first-order valence-electron chi connectivity index (χ1n) is 5.06. The highest BCUT2D eigenvalue weighted by atomic mass is 32.2. The van der Waals surface area contributed by atoms with Crippen LogP contribution in [0.4, 0.5) is 0 Å². The predicted molar refractivity (Wildman–Crippen MR) is 57.3 cm³/mol. The standard InChI is InChI=1S/C9H20N2O2S/c1-7(2)9(10)5-11-4-8(3)6-14(11,12)13/h7-9H,4-6,10H2,1-3H3. The van der Waals surface area contributed by atoms with Gasteiger partial charge in [-0.05, 0) is 11.8 Å². The fourth-order valence-electron chi connectivity index (χ4n) is 1.61. The van der Waals surface area contributed by atoms with E-state index in [-0.39, 0.29) is 17.7 Å². The van der Waals surface area contributed by atoms with Crippen LogP contribution in [0.15, 0.2) is 0 Å². The topological polar surface area (TPSA) is 63.4 Å². The van der Waals surface area contributed by atoms with Gasteiger partial charge >= 0.3 is 0 Å². The molecular weight excluding hydrogens is 200 g/mol. The van der Waals surface area contributed by atoms with Gasteiger partial charge in [-0.1, -0.05) is 20.8 Å². The van der Waals surface area contributed by atoms with Gasteiger partial charge in [0.15, 0.2) is 0 Å². The molecule has 0 aromatic rings. The number of hydrogen-bond donors (Lipinski definition) is 1. The van der Waals surface area contributed by atoms with Crippen molar-refractivity contribution in [3.63, 3.8) is 0 Å². The molecule has 1 heterocycles. The fourth-order valence-corrected chi connectivity index (χ4v) is 3.53. The molecule has 4 nitrogen and oxygen atoms in total.